The van der Waals surface area contributed by atoms with Crippen LogP contribution in [0, 0.1) is 6.92 Å². The van der Waals surface area contributed by atoms with Crippen molar-refractivity contribution in [3.63, 3.8) is 0 Å². The zero-order valence-electron chi connectivity index (χ0n) is 18.2. The van der Waals surface area contributed by atoms with Gasteiger partial charge < -0.3 is 14.8 Å². The molecule has 0 aliphatic heterocycles. The van der Waals surface area contributed by atoms with Crippen molar-refractivity contribution in [2.75, 3.05) is 13.7 Å². The highest BCUT2D eigenvalue weighted by atomic mass is 16.5. The first-order valence-corrected chi connectivity index (χ1v) is 10.6. The number of aromatic nitrogens is 1. The van der Waals surface area contributed by atoms with E-state index in [1.54, 1.807) is 7.11 Å². The molecule has 1 unspecified atom stereocenters. The summed E-state index contributed by atoms with van der Waals surface area (Å²) < 4.78 is 5.36. The zero-order valence-corrected chi connectivity index (χ0v) is 18.2. The first kappa shape index (κ1) is 20.9. The van der Waals surface area contributed by atoms with Crippen molar-refractivity contribution in [1.29, 1.82) is 0 Å². The highest BCUT2D eigenvalue weighted by molar-refractivity contribution is 6.22. The van der Waals surface area contributed by atoms with E-state index in [0.29, 0.717) is 30.7 Å². The lowest BCUT2D eigenvalue weighted by atomic mass is 9.81. The highest BCUT2D eigenvalue weighted by Gasteiger charge is 2.29. The first-order chi connectivity index (χ1) is 15.0. The minimum Gasteiger partial charge on any atom is -0.511 e. The van der Waals surface area contributed by atoms with Gasteiger partial charge >= 0.3 is 0 Å². The maximum absolute atomic E-state index is 12.8. The normalized spacial score (nSPS) is 17.5. The Morgan fingerprint density at radius 3 is 2.68 bits per heavy atom. The Morgan fingerprint density at radius 1 is 1.19 bits per heavy atom. The van der Waals surface area contributed by atoms with Crippen LogP contribution in [0.1, 0.15) is 42.5 Å². The van der Waals surface area contributed by atoms with Gasteiger partial charge in [-0.25, -0.2) is 0 Å². The monoisotopic (exact) mass is 416 g/mol. The summed E-state index contributed by atoms with van der Waals surface area (Å²) in [5.41, 5.74) is 5.47. The average molecular weight is 417 g/mol. The predicted molar refractivity (Wildman–Crippen MR) is 124 cm³/mol. The standard InChI is InChI=1S/C26H28N2O3/c1-16-21(22-15-20(31-3)9-10-23(22)28-16)11-12-27-17(2)26-24(29)13-19(14-25(26)30)18-7-5-4-6-8-18/h4-10,15,19,28-29H,11-14H2,1-3H3. The molecule has 5 heteroatoms. The van der Waals surface area contributed by atoms with Crippen LogP contribution >= 0.6 is 0 Å². The van der Waals surface area contributed by atoms with Crippen LogP contribution in [0.4, 0.5) is 0 Å². The number of carbonyl (C=O) groups is 1. The number of H-pyrrole nitrogens is 1. The van der Waals surface area contributed by atoms with Gasteiger partial charge in [0.1, 0.15) is 11.5 Å². The minimum absolute atomic E-state index is 0.0223. The number of methoxy groups -OCH3 is 1. The number of Topliss-reactive ketones (excluding diaryl/α,β-unsaturated/α-hetero) is 1. The lowest BCUT2D eigenvalue weighted by molar-refractivity contribution is -0.116. The van der Waals surface area contributed by atoms with Gasteiger partial charge in [-0.2, -0.15) is 0 Å². The topological polar surface area (TPSA) is 74.7 Å². The summed E-state index contributed by atoms with van der Waals surface area (Å²) in [5.74, 6) is 0.962. The smallest absolute Gasteiger partial charge is 0.168 e. The molecule has 4 rings (SSSR count). The summed E-state index contributed by atoms with van der Waals surface area (Å²) in [6.07, 6.45) is 1.61. The molecule has 0 amide bonds. The van der Waals surface area contributed by atoms with E-state index in [-0.39, 0.29) is 17.5 Å². The number of aliphatic hydroxyl groups is 1. The van der Waals surface area contributed by atoms with Crippen molar-refractivity contribution in [3.8, 4) is 5.75 Å². The van der Waals surface area contributed by atoms with Gasteiger partial charge in [-0.1, -0.05) is 30.3 Å². The van der Waals surface area contributed by atoms with Gasteiger partial charge in [0.25, 0.3) is 0 Å². The molecule has 2 N–H and O–H groups in total. The average Bonchev–Trinajstić information content (AvgIpc) is 3.08. The summed E-state index contributed by atoms with van der Waals surface area (Å²) in [5, 5.41) is 11.8. The Hall–Kier alpha value is -3.34. The number of nitrogens with one attached hydrogen (secondary N) is 1. The van der Waals surface area contributed by atoms with Crippen LogP contribution in [-0.2, 0) is 11.2 Å². The molecular formula is C26H28N2O3. The van der Waals surface area contributed by atoms with Crippen LogP contribution in [0.3, 0.4) is 0 Å². The molecule has 160 valence electrons. The molecule has 31 heavy (non-hydrogen) atoms. The number of aliphatic hydroxyl groups excluding tert-OH is 1. The first-order valence-electron chi connectivity index (χ1n) is 10.6. The minimum atomic E-state index is -0.0353. The van der Waals surface area contributed by atoms with E-state index < -0.39 is 0 Å². The van der Waals surface area contributed by atoms with Crippen LogP contribution in [0.5, 0.6) is 5.75 Å². The fourth-order valence-electron chi connectivity index (χ4n) is 4.49. The summed E-state index contributed by atoms with van der Waals surface area (Å²) in [4.78, 5) is 20.9. The molecule has 3 aromatic rings. The summed E-state index contributed by atoms with van der Waals surface area (Å²) >= 11 is 0. The highest BCUT2D eigenvalue weighted by Crippen LogP contribution is 2.34. The lowest BCUT2D eigenvalue weighted by Gasteiger charge is -2.23. The number of nitrogens with zero attached hydrogens (tertiary/aromatic N) is 1. The number of carbonyl (C=O) groups excluding carboxylic acids is 1. The largest absolute Gasteiger partial charge is 0.511 e. The molecule has 0 bridgehead atoms. The van der Waals surface area contributed by atoms with E-state index in [9.17, 15) is 9.90 Å². The summed E-state index contributed by atoms with van der Waals surface area (Å²) in [6, 6.07) is 15.9. The Kier molecular flexibility index (Phi) is 5.94. The Labute approximate surface area is 182 Å². The Morgan fingerprint density at radius 2 is 1.97 bits per heavy atom. The zero-order chi connectivity index (χ0) is 22.0. The summed E-state index contributed by atoms with van der Waals surface area (Å²) in [7, 11) is 1.66. The molecule has 1 aliphatic rings. The molecular weight excluding hydrogens is 388 g/mol. The maximum Gasteiger partial charge on any atom is 0.168 e. The van der Waals surface area contributed by atoms with Crippen LogP contribution < -0.4 is 4.74 Å². The number of fused-ring (bicyclic) bond motifs is 1. The number of ether oxygens (including phenoxy) is 1. The summed E-state index contributed by atoms with van der Waals surface area (Å²) in [6.45, 7) is 4.42. The number of ketones is 1. The molecule has 0 spiro atoms. The van der Waals surface area contributed by atoms with Gasteiger partial charge in [-0.3, -0.25) is 9.79 Å². The molecule has 1 aliphatic carbocycles. The molecule has 0 saturated heterocycles. The number of rotatable bonds is 6. The molecule has 2 aromatic carbocycles. The third-order valence-corrected chi connectivity index (χ3v) is 6.11. The number of hydrogen-bond donors (Lipinski definition) is 2. The molecule has 1 aromatic heterocycles. The Balaban J connectivity index is 1.51. The van der Waals surface area contributed by atoms with Crippen molar-refractivity contribution in [2.24, 2.45) is 4.99 Å². The number of hydrogen-bond acceptors (Lipinski definition) is 4. The third-order valence-electron chi connectivity index (χ3n) is 6.11. The maximum atomic E-state index is 12.8. The van der Waals surface area contributed by atoms with Crippen molar-refractivity contribution >= 4 is 22.4 Å². The van der Waals surface area contributed by atoms with Gasteiger partial charge in [-0.15, -0.1) is 0 Å². The quantitative estimate of drug-likeness (QED) is 0.525. The second-order valence-corrected chi connectivity index (χ2v) is 8.12. The van der Waals surface area contributed by atoms with Gasteiger partial charge in [0.15, 0.2) is 5.78 Å². The molecule has 0 radical (unpaired) electrons. The van der Waals surface area contributed by atoms with Crippen LogP contribution in [0.15, 0.2) is 64.9 Å². The van der Waals surface area contributed by atoms with Crippen LogP contribution in [0.25, 0.3) is 10.9 Å². The van der Waals surface area contributed by atoms with Gasteiger partial charge in [0.2, 0.25) is 0 Å². The Bertz CT molecular complexity index is 1170. The number of aryl methyl sites for hydroxylation is 1. The number of allylic oxidation sites excluding steroid dienone is 2. The molecule has 1 heterocycles. The molecule has 0 fully saturated rings. The van der Waals surface area contributed by atoms with Crippen LogP contribution in [0.2, 0.25) is 0 Å². The van der Waals surface area contributed by atoms with Crippen LogP contribution in [-0.4, -0.2) is 35.2 Å². The molecule has 1 atom stereocenters. The van der Waals surface area contributed by atoms with Gasteiger partial charge in [0, 0.05) is 41.7 Å². The van der Waals surface area contributed by atoms with Crippen molar-refractivity contribution in [3.05, 3.63) is 76.7 Å². The second-order valence-electron chi connectivity index (χ2n) is 8.12. The van der Waals surface area contributed by atoms with Crippen molar-refractivity contribution in [1.82, 2.24) is 4.98 Å². The second kappa shape index (κ2) is 8.80. The fraction of sp³-hybridized carbons (Fsp3) is 0.308. The van der Waals surface area contributed by atoms with E-state index in [2.05, 4.69) is 16.9 Å². The van der Waals surface area contributed by atoms with E-state index in [4.69, 9.17) is 4.74 Å². The molecule has 0 saturated carbocycles. The van der Waals surface area contributed by atoms with E-state index in [1.807, 2.05) is 55.5 Å². The van der Waals surface area contributed by atoms with E-state index >= 15 is 0 Å². The van der Waals surface area contributed by atoms with Crippen molar-refractivity contribution in [2.45, 2.75) is 39.0 Å². The molecule has 5 nitrogen and oxygen atoms in total. The predicted octanol–water partition coefficient (Wildman–Crippen LogP) is 5.45. The lowest BCUT2D eigenvalue weighted by Crippen LogP contribution is -2.22. The third kappa shape index (κ3) is 4.26. The number of benzene rings is 2. The van der Waals surface area contributed by atoms with Crippen molar-refractivity contribution < 1.29 is 14.6 Å². The number of aromatic amines is 1. The fourth-order valence-corrected chi connectivity index (χ4v) is 4.49. The SMILES string of the molecule is COc1ccc2[nH]c(C)c(CCN=C(C)C3=C(O)CC(c4ccccc4)CC3=O)c2c1. The number of aliphatic imine (C=N–C) groups is 1. The van der Waals surface area contributed by atoms with Gasteiger partial charge in [-0.05, 0) is 55.5 Å². The van der Waals surface area contributed by atoms with E-state index in [0.717, 1.165) is 34.3 Å². The van der Waals surface area contributed by atoms with Gasteiger partial charge in [0.05, 0.1) is 12.7 Å². The van der Waals surface area contributed by atoms with E-state index in [1.165, 1.54) is 5.56 Å².